The molecule has 3 nitrogen and oxygen atoms in total. The molecule has 0 aliphatic carbocycles. The highest BCUT2D eigenvalue weighted by molar-refractivity contribution is 6.39. The van der Waals surface area contributed by atoms with E-state index in [1.807, 2.05) is 0 Å². The molecule has 132 valence electrons. The lowest BCUT2D eigenvalue weighted by Crippen LogP contribution is -2.41. The molecule has 1 atom stereocenters. The summed E-state index contributed by atoms with van der Waals surface area (Å²) in [6, 6.07) is 9.64. The van der Waals surface area contributed by atoms with Gasteiger partial charge in [0.05, 0.1) is 21.7 Å². The number of nitrogens with one attached hydrogen (secondary N) is 1. The molecule has 6 heteroatoms. The van der Waals surface area contributed by atoms with E-state index in [2.05, 4.69) is 24.1 Å². The van der Waals surface area contributed by atoms with Gasteiger partial charge >= 0.3 is 0 Å². The molecular formula is C19H19Cl2FN2O. The van der Waals surface area contributed by atoms with Gasteiger partial charge in [0.1, 0.15) is 5.82 Å². The van der Waals surface area contributed by atoms with Gasteiger partial charge in [0.15, 0.2) is 0 Å². The molecule has 0 fully saturated rings. The SMILES string of the molecule is CC(C)N1CCC(NC(=O)c2c(Cl)cccc2Cl)c2cc(F)ccc21. The first-order chi connectivity index (χ1) is 11.9. The van der Waals surface area contributed by atoms with E-state index < -0.39 is 0 Å². The predicted molar refractivity (Wildman–Crippen MR) is 100 cm³/mol. The highest BCUT2D eigenvalue weighted by Crippen LogP contribution is 2.36. The minimum Gasteiger partial charge on any atom is -0.369 e. The minimum atomic E-state index is -0.353. The molecule has 0 radical (unpaired) electrons. The van der Waals surface area contributed by atoms with Gasteiger partial charge in [-0.2, -0.15) is 0 Å². The lowest BCUT2D eigenvalue weighted by atomic mass is 9.94. The number of anilines is 1. The van der Waals surface area contributed by atoms with E-state index in [1.54, 1.807) is 24.3 Å². The van der Waals surface area contributed by atoms with Crippen LogP contribution in [0.5, 0.6) is 0 Å². The Balaban J connectivity index is 1.92. The van der Waals surface area contributed by atoms with Crippen LogP contribution in [0.1, 0.15) is 42.2 Å². The highest BCUT2D eigenvalue weighted by Gasteiger charge is 2.29. The third-order valence-corrected chi connectivity index (χ3v) is 5.08. The second-order valence-corrected chi connectivity index (χ2v) is 7.22. The summed E-state index contributed by atoms with van der Waals surface area (Å²) >= 11 is 12.2. The van der Waals surface area contributed by atoms with Gasteiger partial charge in [0, 0.05) is 23.8 Å². The first-order valence-electron chi connectivity index (χ1n) is 8.19. The molecule has 1 heterocycles. The fourth-order valence-electron chi connectivity index (χ4n) is 3.24. The van der Waals surface area contributed by atoms with Crippen molar-refractivity contribution in [3.05, 3.63) is 63.4 Å². The van der Waals surface area contributed by atoms with Crippen LogP contribution in [-0.4, -0.2) is 18.5 Å². The molecular weight excluding hydrogens is 362 g/mol. The van der Waals surface area contributed by atoms with Gasteiger partial charge in [-0.05, 0) is 50.6 Å². The normalized spacial score (nSPS) is 16.7. The predicted octanol–water partition coefficient (Wildman–Crippen LogP) is 5.22. The number of halogens is 3. The first kappa shape index (κ1) is 18.0. The topological polar surface area (TPSA) is 32.3 Å². The number of rotatable bonds is 3. The maximum atomic E-state index is 13.8. The van der Waals surface area contributed by atoms with E-state index in [0.717, 1.165) is 17.8 Å². The average Bonchev–Trinajstić information content (AvgIpc) is 2.54. The van der Waals surface area contributed by atoms with Crippen molar-refractivity contribution >= 4 is 34.8 Å². The number of carbonyl (C=O) groups excluding carboxylic acids is 1. The summed E-state index contributed by atoms with van der Waals surface area (Å²) in [6.45, 7) is 4.96. The van der Waals surface area contributed by atoms with Gasteiger partial charge in [-0.25, -0.2) is 4.39 Å². The van der Waals surface area contributed by atoms with Crippen molar-refractivity contribution in [3.8, 4) is 0 Å². The van der Waals surface area contributed by atoms with E-state index in [0.29, 0.717) is 22.5 Å². The van der Waals surface area contributed by atoms with Crippen LogP contribution in [0.4, 0.5) is 10.1 Å². The Bertz CT molecular complexity index is 790. The van der Waals surface area contributed by atoms with Gasteiger partial charge in [0.25, 0.3) is 5.91 Å². The molecule has 1 aliphatic rings. The Morgan fingerprint density at radius 2 is 1.92 bits per heavy atom. The monoisotopic (exact) mass is 380 g/mol. The third-order valence-electron chi connectivity index (χ3n) is 4.45. The molecule has 0 saturated carbocycles. The minimum absolute atomic E-state index is 0.245. The molecule has 2 aromatic rings. The van der Waals surface area contributed by atoms with Crippen molar-refractivity contribution in [1.29, 1.82) is 0 Å². The Morgan fingerprint density at radius 3 is 2.56 bits per heavy atom. The van der Waals surface area contributed by atoms with Crippen molar-refractivity contribution in [2.24, 2.45) is 0 Å². The molecule has 25 heavy (non-hydrogen) atoms. The standard InChI is InChI=1S/C19H19Cl2FN2O/c1-11(2)24-9-8-16(13-10-12(22)6-7-17(13)24)23-19(25)18-14(20)4-3-5-15(18)21/h3-7,10-11,16H,8-9H2,1-2H3,(H,23,25). The zero-order chi connectivity index (χ0) is 18.1. The zero-order valence-electron chi connectivity index (χ0n) is 14.0. The Hall–Kier alpha value is -1.78. The van der Waals surface area contributed by atoms with Gasteiger partial charge in [-0.15, -0.1) is 0 Å². The molecule has 0 saturated heterocycles. The molecule has 1 N–H and O–H groups in total. The van der Waals surface area contributed by atoms with Gasteiger partial charge in [-0.3, -0.25) is 4.79 Å². The quantitative estimate of drug-likeness (QED) is 0.791. The van der Waals surface area contributed by atoms with E-state index in [-0.39, 0.29) is 23.3 Å². The average molecular weight is 381 g/mol. The van der Waals surface area contributed by atoms with Crippen LogP contribution in [0.2, 0.25) is 10.0 Å². The van der Waals surface area contributed by atoms with E-state index in [9.17, 15) is 9.18 Å². The second kappa shape index (κ2) is 7.22. The Labute approximate surface area is 156 Å². The lowest BCUT2D eigenvalue weighted by Gasteiger charge is -2.38. The van der Waals surface area contributed by atoms with Gasteiger partial charge in [-0.1, -0.05) is 29.3 Å². The van der Waals surface area contributed by atoms with Crippen molar-refractivity contribution in [1.82, 2.24) is 5.32 Å². The number of nitrogens with zero attached hydrogens (tertiary/aromatic N) is 1. The number of fused-ring (bicyclic) bond motifs is 1. The van der Waals surface area contributed by atoms with Gasteiger partial charge < -0.3 is 10.2 Å². The number of benzene rings is 2. The smallest absolute Gasteiger partial charge is 0.254 e. The Kier molecular flexibility index (Phi) is 5.21. The van der Waals surface area contributed by atoms with Crippen molar-refractivity contribution in [2.45, 2.75) is 32.4 Å². The summed E-state index contributed by atoms with van der Waals surface area (Å²) in [5, 5.41) is 3.55. The fourth-order valence-corrected chi connectivity index (χ4v) is 3.81. The maximum absolute atomic E-state index is 13.8. The number of carbonyl (C=O) groups is 1. The summed E-state index contributed by atoms with van der Waals surface area (Å²) in [7, 11) is 0. The van der Waals surface area contributed by atoms with E-state index in [1.165, 1.54) is 12.1 Å². The Morgan fingerprint density at radius 1 is 1.24 bits per heavy atom. The molecule has 2 aromatic carbocycles. The molecule has 1 unspecified atom stereocenters. The third kappa shape index (κ3) is 3.60. The van der Waals surface area contributed by atoms with Crippen LogP contribution >= 0.6 is 23.2 Å². The van der Waals surface area contributed by atoms with Crippen LogP contribution in [-0.2, 0) is 0 Å². The van der Waals surface area contributed by atoms with Crippen molar-refractivity contribution in [3.63, 3.8) is 0 Å². The number of hydrogen-bond acceptors (Lipinski definition) is 2. The van der Waals surface area contributed by atoms with Crippen LogP contribution < -0.4 is 10.2 Å². The summed E-state index contributed by atoms with van der Waals surface area (Å²) in [5.74, 6) is -0.673. The first-order valence-corrected chi connectivity index (χ1v) is 8.95. The molecule has 0 bridgehead atoms. The fraction of sp³-hybridized carbons (Fsp3) is 0.316. The van der Waals surface area contributed by atoms with E-state index >= 15 is 0 Å². The lowest BCUT2D eigenvalue weighted by molar-refractivity contribution is 0.0934. The van der Waals surface area contributed by atoms with Crippen molar-refractivity contribution in [2.75, 3.05) is 11.4 Å². The van der Waals surface area contributed by atoms with Gasteiger partial charge in [0.2, 0.25) is 0 Å². The summed E-state index contributed by atoms with van der Waals surface area (Å²) in [4.78, 5) is 14.9. The molecule has 0 spiro atoms. The van der Waals surface area contributed by atoms with Crippen molar-refractivity contribution < 1.29 is 9.18 Å². The summed E-state index contributed by atoms with van der Waals surface area (Å²) in [6.07, 6.45) is 0.683. The van der Waals surface area contributed by atoms with Crippen LogP contribution in [0, 0.1) is 5.82 Å². The number of amides is 1. The van der Waals surface area contributed by atoms with Crippen LogP contribution in [0.15, 0.2) is 36.4 Å². The van der Waals surface area contributed by atoms with E-state index in [4.69, 9.17) is 23.2 Å². The zero-order valence-corrected chi connectivity index (χ0v) is 15.5. The largest absolute Gasteiger partial charge is 0.369 e. The molecule has 3 rings (SSSR count). The molecule has 0 aromatic heterocycles. The maximum Gasteiger partial charge on any atom is 0.254 e. The highest BCUT2D eigenvalue weighted by atomic mass is 35.5. The summed E-state index contributed by atoms with van der Waals surface area (Å²) < 4.78 is 13.8. The molecule has 1 amide bonds. The number of hydrogen-bond donors (Lipinski definition) is 1. The second-order valence-electron chi connectivity index (χ2n) is 6.40. The molecule has 1 aliphatic heterocycles. The van der Waals surface area contributed by atoms with Crippen LogP contribution in [0.25, 0.3) is 0 Å². The van der Waals surface area contributed by atoms with Crippen LogP contribution in [0.3, 0.4) is 0 Å². The summed E-state index contributed by atoms with van der Waals surface area (Å²) in [5.41, 5.74) is 1.96.